The van der Waals surface area contributed by atoms with E-state index in [2.05, 4.69) is 0 Å². The molecule has 0 fully saturated rings. The first-order chi connectivity index (χ1) is 15.3. The molecule has 0 aliphatic carbocycles. The summed E-state index contributed by atoms with van der Waals surface area (Å²) in [6, 6.07) is 12.7. The smallest absolute Gasteiger partial charge is 0.161 e. The van der Waals surface area contributed by atoms with E-state index in [1.54, 1.807) is 6.07 Å². The second kappa shape index (κ2) is 11.9. The van der Waals surface area contributed by atoms with Crippen molar-refractivity contribution in [3.8, 4) is 51.7 Å². The van der Waals surface area contributed by atoms with Gasteiger partial charge in [0.25, 0.3) is 0 Å². The highest BCUT2D eigenvalue weighted by atomic mass is 16.5. The number of rotatable bonds is 8. The first-order valence-corrected chi connectivity index (χ1v) is 9.74. The van der Waals surface area contributed by atoms with Crippen molar-refractivity contribution in [2.75, 3.05) is 19.8 Å². The van der Waals surface area contributed by atoms with Gasteiger partial charge >= 0.3 is 0 Å². The number of hydrogen-bond acceptors (Lipinski definition) is 9. The molecule has 0 aliphatic rings. The molecule has 0 aliphatic heterocycles. The lowest BCUT2D eigenvalue weighted by atomic mass is 10.3. The van der Waals surface area contributed by atoms with Crippen LogP contribution < -0.4 is 14.2 Å². The molecule has 0 radical (unpaired) electrons. The Hall–Kier alpha value is -4.14. The molecule has 0 saturated carbocycles. The fourth-order valence-corrected chi connectivity index (χ4v) is 2.32. The van der Waals surface area contributed by atoms with Gasteiger partial charge in [0.05, 0.1) is 6.61 Å². The third-order valence-corrected chi connectivity index (χ3v) is 3.93. The molecular formula is C23H26O9. The standard InChI is InChI=1S/C14H14O6.C9H12O3/c15-11-3-1-9(7-13(11)17)19-5-6-20-10-2-4-12(16)14(18)8-10;1-2-5-12-7-3-4-8(10)9(11)6-7/h1-4,7-8,15-18H,5-6H2;3-4,6,10-11H,2,5H2,1H3. The number of phenolic OH excluding ortho intramolecular Hbond substituents is 6. The van der Waals surface area contributed by atoms with Crippen molar-refractivity contribution in [1.82, 2.24) is 0 Å². The summed E-state index contributed by atoms with van der Waals surface area (Å²) in [5.41, 5.74) is 0. The van der Waals surface area contributed by atoms with Crippen LogP contribution in [0.15, 0.2) is 54.6 Å². The van der Waals surface area contributed by atoms with Crippen LogP contribution in [0.1, 0.15) is 13.3 Å². The fraction of sp³-hybridized carbons (Fsp3) is 0.217. The normalized spacial score (nSPS) is 10.0. The van der Waals surface area contributed by atoms with Crippen LogP contribution in [0.25, 0.3) is 0 Å². The van der Waals surface area contributed by atoms with Gasteiger partial charge in [0, 0.05) is 18.2 Å². The Morgan fingerprint density at radius 1 is 0.469 bits per heavy atom. The van der Waals surface area contributed by atoms with Gasteiger partial charge in [0.2, 0.25) is 0 Å². The molecule has 9 heteroatoms. The predicted molar refractivity (Wildman–Crippen MR) is 116 cm³/mol. The molecule has 3 aromatic carbocycles. The zero-order chi connectivity index (χ0) is 23.5. The van der Waals surface area contributed by atoms with Gasteiger partial charge < -0.3 is 44.8 Å². The van der Waals surface area contributed by atoms with Crippen molar-refractivity contribution in [3.63, 3.8) is 0 Å². The minimum absolute atomic E-state index is 0.126. The molecule has 0 atom stereocenters. The maximum absolute atomic E-state index is 9.28. The molecule has 3 aromatic rings. The van der Waals surface area contributed by atoms with Gasteiger partial charge in [-0.2, -0.15) is 0 Å². The molecule has 3 rings (SSSR count). The van der Waals surface area contributed by atoms with Crippen molar-refractivity contribution in [2.45, 2.75) is 13.3 Å². The molecular weight excluding hydrogens is 420 g/mol. The van der Waals surface area contributed by atoms with Crippen molar-refractivity contribution in [2.24, 2.45) is 0 Å². The maximum atomic E-state index is 9.28. The van der Waals surface area contributed by atoms with Crippen molar-refractivity contribution >= 4 is 0 Å². The van der Waals surface area contributed by atoms with E-state index >= 15 is 0 Å². The van der Waals surface area contributed by atoms with Gasteiger partial charge in [-0.15, -0.1) is 0 Å². The zero-order valence-electron chi connectivity index (χ0n) is 17.4. The summed E-state index contributed by atoms with van der Waals surface area (Å²) in [5.74, 6) is 0.157. The van der Waals surface area contributed by atoms with Crippen molar-refractivity contribution in [3.05, 3.63) is 54.6 Å². The van der Waals surface area contributed by atoms with Gasteiger partial charge in [0.15, 0.2) is 34.5 Å². The summed E-state index contributed by atoms with van der Waals surface area (Å²) in [4.78, 5) is 0. The number of phenols is 6. The highest BCUT2D eigenvalue weighted by molar-refractivity contribution is 5.44. The van der Waals surface area contributed by atoms with E-state index in [1.807, 2.05) is 6.92 Å². The Morgan fingerprint density at radius 2 is 0.781 bits per heavy atom. The summed E-state index contributed by atoms with van der Waals surface area (Å²) >= 11 is 0. The summed E-state index contributed by atoms with van der Waals surface area (Å²) in [6.07, 6.45) is 0.918. The quantitative estimate of drug-likeness (QED) is 0.224. The molecule has 0 bridgehead atoms. The first kappa shape index (κ1) is 24.1. The molecule has 0 saturated heterocycles. The van der Waals surface area contributed by atoms with Crippen LogP contribution >= 0.6 is 0 Å². The van der Waals surface area contributed by atoms with E-state index in [4.69, 9.17) is 34.6 Å². The number of ether oxygens (including phenoxy) is 3. The average molecular weight is 446 g/mol. The topological polar surface area (TPSA) is 149 Å². The minimum Gasteiger partial charge on any atom is -0.504 e. The van der Waals surface area contributed by atoms with E-state index in [0.29, 0.717) is 23.9 Å². The minimum atomic E-state index is -0.258. The molecule has 9 nitrogen and oxygen atoms in total. The molecule has 0 heterocycles. The van der Waals surface area contributed by atoms with Crippen LogP contribution in [0, 0.1) is 0 Å². The SMILES string of the molecule is CCCOc1ccc(O)c(O)c1.Oc1ccc(OCCOc2ccc(O)c(O)c2)cc1O. The van der Waals surface area contributed by atoms with Crippen LogP contribution in [0.5, 0.6) is 51.7 Å². The number of aromatic hydroxyl groups is 6. The lowest BCUT2D eigenvalue weighted by Crippen LogP contribution is -2.08. The van der Waals surface area contributed by atoms with E-state index in [1.165, 1.54) is 48.5 Å². The van der Waals surface area contributed by atoms with E-state index in [9.17, 15) is 10.2 Å². The van der Waals surface area contributed by atoms with E-state index in [0.717, 1.165) is 6.42 Å². The monoisotopic (exact) mass is 446 g/mol. The Kier molecular flexibility index (Phi) is 8.97. The highest BCUT2D eigenvalue weighted by Gasteiger charge is 2.03. The second-order valence-electron chi connectivity index (χ2n) is 6.50. The third-order valence-electron chi connectivity index (χ3n) is 3.93. The largest absolute Gasteiger partial charge is 0.504 e. The fourth-order valence-electron chi connectivity index (χ4n) is 2.32. The van der Waals surface area contributed by atoms with E-state index < -0.39 is 0 Å². The molecule has 0 amide bonds. The summed E-state index contributed by atoms with van der Waals surface area (Å²) in [5, 5.41) is 54.9. The molecule has 6 N–H and O–H groups in total. The van der Waals surface area contributed by atoms with Crippen LogP contribution in [0.3, 0.4) is 0 Å². The lowest BCUT2D eigenvalue weighted by Gasteiger charge is -2.09. The summed E-state index contributed by atoms with van der Waals surface area (Å²) < 4.78 is 15.8. The molecule has 0 aromatic heterocycles. The van der Waals surface area contributed by atoms with E-state index in [-0.39, 0.29) is 47.7 Å². The number of benzene rings is 3. The van der Waals surface area contributed by atoms with Crippen LogP contribution in [-0.2, 0) is 0 Å². The first-order valence-electron chi connectivity index (χ1n) is 9.74. The average Bonchev–Trinajstić information content (AvgIpc) is 2.77. The van der Waals surface area contributed by atoms with Gasteiger partial charge in [-0.1, -0.05) is 6.92 Å². The Bertz CT molecular complexity index is 951. The Labute approximate surface area is 184 Å². The van der Waals surface area contributed by atoms with Crippen LogP contribution in [0.4, 0.5) is 0 Å². The van der Waals surface area contributed by atoms with Crippen molar-refractivity contribution in [1.29, 1.82) is 0 Å². The van der Waals surface area contributed by atoms with Crippen LogP contribution in [0.2, 0.25) is 0 Å². The predicted octanol–water partition coefficient (Wildman–Crippen LogP) is 3.85. The van der Waals surface area contributed by atoms with Crippen molar-refractivity contribution < 1.29 is 44.8 Å². The highest BCUT2D eigenvalue weighted by Crippen LogP contribution is 2.30. The van der Waals surface area contributed by atoms with Gasteiger partial charge in [0.1, 0.15) is 30.5 Å². The summed E-state index contributed by atoms with van der Waals surface area (Å²) in [6.45, 7) is 3.04. The zero-order valence-corrected chi connectivity index (χ0v) is 17.4. The third kappa shape index (κ3) is 7.60. The Morgan fingerprint density at radius 3 is 1.06 bits per heavy atom. The van der Waals surface area contributed by atoms with Gasteiger partial charge in [-0.05, 0) is 42.8 Å². The molecule has 0 unspecified atom stereocenters. The summed E-state index contributed by atoms with van der Waals surface area (Å²) in [7, 11) is 0. The number of hydrogen-bond donors (Lipinski definition) is 6. The molecule has 32 heavy (non-hydrogen) atoms. The van der Waals surface area contributed by atoms with Gasteiger partial charge in [-0.25, -0.2) is 0 Å². The Balaban J connectivity index is 0.000000258. The molecule has 0 spiro atoms. The molecule has 172 valence electrons. The second-order valence-corrected chi connectivity index (χ2v) is 6.50. The van der Waals surface area contributed by atoms with Gasteiger partial charge in [-0.3, -0.25) is 0 Å². The lowest BCUT2D eigenvalue weighted by molar-refractivity contribution is 0.215. The van der Waals surface area contributed by atoms with Crippen LogP contribution in [-0.4, -0.2) is 50.5 Å². The maximum Gasteiger partial charge on any atom is 0.161 e.